The zero-order valence-corrected chi connectivity index (χ0v) is 17.9. The van der Waals surface area contributed by atoms with Crippen molar-refractivity contribution in [3.8, 4) is 0 Å². The van der Waals surface area contributed by atoms with E-state index in [2.05, 4.69) is 25.8 Å². The highest BCUT2D eigenvalue weighted by atomic mass is 16.2. The van der Waals surface area contributed by atoms with Gasteiger partial charge in [0.1, 0.15) is 5.82 Å². The predicted octanol–water partition coefficient (Wildman–Crippen LogP) is 3.45. The first-order valence-corrected chi connectivity index (χ1v) is 10.3. The third-order valence-electron chi connectivity index (χ3n) is 6.38. The first-order chi connectivity index (χ1) is 14.7. The van der Waals surface area contributed by atoms with Gasteiger partial charge in [0.2, 0.25) is 0 Å². The van der Waals surface area contributed by atoms with E-state index in [0.717, 1.165) is 16.7 Å². The second-order valence-corrected chi connectivity index (χ2v) is 9.29. The SMILES string of the molecule is Cn1c2c(c(=O)[nH]c1=O)[C@@H](c1ccc(C(C)(C)C)cc1)[C@H]1C(=O)c3ccccc3C1=N2. The third-order valence-corrected chi connectivity index (χ3v) is 6.38. The number of rotatable bonds is 1. The van der Waals surface area contributed by atoms with Crippen molar-refractivity contribution in [2.45, 2.75) is 32.1 Å². The first-order valence-electron chi connectivity index (χ1n) is 10.3. The molecule has 2 aliphatic rings. The summed E-state index contributed by atoms with van der Waals surface area (Å²) in [5.41, 5.74) is 3.35. The lowest BCUT2D eigenvalue weighted by Crippen LogP contribution is -2.38. The number of carbonyl (C=O) groups is 1. The fourth-order valence-corrected chi connectivity index (χ4v) is 4.69. The van der Waals surface area contributed by atoms with Crippen LogP contribution in [0.15, 0.2) is 63.1 Å². The van der Waals surface area contributed by atoms with Crippen molar-refractivity contribution in [3.05, 3.63) is 97.2 Å². The Morgan fingerprint density at radius 1 is 0.903 bits per heavy atom. The minimum Gasteiger partial charge on any atom is -0.293 e. The van der Waals surface area contributed by atoms with Crippen LogP contribution in [0.3, 0.4) is 0 Å². The molecule has 1 aromatic heterocycles. The minimum absolute atomic E-state index is 0.0175. The van der Waals surface area contributed by atoms with E-state index in [1.807, 2.05) is 42.5 Å². The van der Waals surface area contributed by atoms with Crippen LogP contribution in [-0.4, -0.2) is 21.0 Å². The number of hydrogen-bond donors (Lipinski definition) is 1. The number of nitrogens with zero attached hydrogens (tertiary/aromatic N) is 2. The van der Waals surface area contributed by atoms with Crippen LogP contribution < -0.4 is 11.2 Å². The van der Waals surface area contributed by atoms with Gasteiger partial charge in [-0.25, -0.2) is 9.79 Å². The molecule has 0 unspecified atom stereocenters. The molecule has 0 fully saturated rings. The average Bonchev–Trinajstić information content (AvgIpc) is 3.02. The molecule has 0 bridgehead atoms. The summed E-state index contributed by atoms with van der Waals surface area (Å²) in [6.45, 7) is 6.42. The summed E-state index contributed by atoms with van der Waals surface area (Å²) in [7, 11) is 1.59. The van der Waals surface area contributed by atoms with E-state index < -0.39 is 23.1 Å². The second-order valence-electron chi connectivity index (χ2n) is 9.29. The van der Waals surface area contributed by atoms with Gasteiger partial charge in [-0.1, -0.05) is 69.3 Å². The lowest BCUT2D eigenvalue weighted by molar-refractivity contribution is 0.0953. The fraction of sp³-hybridized carbons (Fsp3) is 0.280. The van der Waals surface area contributed by atoms with E-state index in [1.165, 1.54) is 4.57 Å². The summed E-state index contributed by atoms with van der Waals surface area (Å²) < 4.78 is 1.35. The van der Waals surface area contributed by atoms with E-state index >= 15 is 0 Å². The molecule has 1 aliphatic heterocycles. The topological polar surface area (TPSA) is 84.3 Å². The number of fused-ring (bicyclic) bond motifs is 4. The Morgan fingerprint density at radius 3 is 2.19 bits per heavy atom. The molecule has 6 heteroatoms. The van der Waals surface area contributed by atoms with Gasteiger partial charge in [0.15, 0.2) is 5.78 Å². The summed E-state index contributed by atoms with van der Waals surface area (Å²) in [4.78, 5) is 45.8. The van der Waals surface area contributed by atoms with Gasteiger partial charge in [0.05, 0.1) is 17.2 Å². The number of ketones is 1. The number of aromatic nitrogens is 2. The van der Waals surface area contributed by atoms with Crippen LogP contribution in [0.4, 0.5) is 5.82 Å². The maximum atomic E-state index is 13.5. The van der Waals surface area contributed by atoms with E-state index in [9.17, 15) is 14.4 Å². The maximum Gasteiger partial charge on any atom is 0.329 e. The number of Topliss-reactive ketones (excluding diaryl/α,β-unsaturated/α-hetero) is 1. The molecular formula is C25H23N3O3. The fourth-order valence-electron chi connectivity index (χ4n) is 4.69. The molecule has 156 valence electrons. The van der Waals surface area contributed by atoms with Crippen LogP contribution in [0.2, 0.25) is 0 Å². The number of nitrogens with one attached hydrogen (secondary N) is 1. The Kier molecular flexibility index (Phi) is 4.06. The van der Waals surface area contributed by atoms with Gasteiger partial charge in [-0.3, -0.25) is 19.1 Å². The van der Waals surface area contributed by atoms with Gasteiger partial charge < -0.3 is 0 Å². The van der Waals surface area contributed by atoms with Crippen molar-refractivity contribution in [3.63, 3.8) is 0 Å². The number of aliphatic imine (C=N–C) groups is 1. The monoisotopic (exact) mass is 413 g/mol. The number of hydrogen-bond acceptors (Lipinski definition) is 4. The van der Waals surface area contributed by atoms with Gasteiger partial charge >= 0.3 is 5.69 Å². The molecule has 31 heavy (non-hydrogen) atoms. The number of aromatic amines is 1. The van der Waals surface area contributed by atoms with Crippen LogP contribution in [-0.2, 0) is 12.5 Å². The molecule has 0 saturated carbocycles. The van der Waals surface area contributed by atoms with Crippen molar-refractivity contribution >= 4 is 17.3 Å². The molecule has 0 radical (unpaired) electrons. The maximum absolute atomic E-state index is 13.5. The van der Waals surface area contributed by atoms with Crippen LogP contribution in [0, 0.1) is 5.92 Å². The van der Waals surface area contributed by atoms with Crippen LogP contribution in [0.5, 0.6) is 0 Å². The summed E-state index contributed by atoms with van der Waals surface area (Å²) in [5, 5.41) is 0. The molecule has 0 saturated heterocycles. The molecule has 1 N–H and O–H groups in total. The highest BCUT2D eigenvalue weighted by Crippen LogP contribution is 2.46. The smallest absolute Gasteiger partial charge is 0.293 e. The molecule has 5 rings (SSSR count). The van der Waals surface area contributed by atoms with Gasteiger partial charge in [-0.15, -0.1) is 0 Å². The van der Waals surface area contributed by atoms with Gasteiger partial charge in [0.25, 0.3) is 5.56 Å². The quantitative estimate of drug-likeness (QED) is 0.663. The van der Waals surface area contributed by atoms with E-state index in [-0.39, 0.29) is 11.2 Å². The summed E-state index contributed by atoms with van der Waals surface area (Å²) in [6, 6.07) is 15.4. The summed E-state index contributed by atoms with van der Waals surface area (Å²) in [5.74, 6) is -0.844. The highest BCUT2D eigenvalue weighted by molar-refractivity contribution is 6.30. The third kappa shape index (κ3) is 2.78. The molecule has 2 aromatic carbocycles. The number of benzene rings is 2. The average molecular weight is 413 g/mol. The molecule has 2 atom stereocenters. The summed E-state index contributed by atoms with van der Waals surface area (Å²) >= 11 is 0. The lowest BCUT2D eigenvalue weighted by Gasteiger charge is -2.29. The number of carbonyl (C=O) groups excluding carboxylic acids is 1. The Hall–Kier alpha value is -3.54. The molecule has 2 heterocycles. The Balaban J connectivity index is 1.80. The Bertz CT molecular complexity index is 1390. The standard InChI is InChI=1S/C25H23N3O3/c1-25(2,3)14-11-9-13(10-12-14)17-18-20(15-7-5-6-8-16(15)21(18)29)26-22-19(17)23(30)27-24(31)28(22)4/h5-12,17-18H,1-4H3,(H,27,30,31)/t17-,18+/m0/s1. The van der Waals surface area contributed by atoms with Crippen molar-refractivity contribution in [2.24, 2.45) is 18.0 Å². The second kappa shape index (κ2) is 6.48. The van der Waals surface area contributed by atoms with Gasteiger partial charge in [0, 0.05) is 24.1 Å². The van der Waals surface area contributed by atoms with Gasteiger partial charge in [-0.05, 0) is 16.5 Å². The molecule has 6 nitrogen and oxygen atoms in total. The highest BCUT2D eigenvalue weighted by Gasteiger charge is 2.47. The van der Waals surface area contributed by atoms with E-state index in [0.29, 0.717) is 22.7 Å². The molecule has 0 amide bonds. The lowest BCUT2D eigenvalue weighted by atomic mass is 9.75. The Morgan fingerprint density at radius 2 is 1.55 bits per heavy atom. The Labute approximate surface area is 179 Å². The van der Waals surface area contributed by atoms with Gasteiger partial charge in [-0.2, -0.15) is 0 Å². The van der Waals surface area contributed by atoms with Crippen LogP contribution >= 0.6 is 0 Å². The first kappa shape index (κ1) is 19.4. The van der Waals surface area contributed by atoms with Crippen LogP contribution in [0.1, 0.15) is 59.3 Å². The molecule has 0 spiro atoms. The zero-order chi connectivity index (χ0) is 22.1. The van der Waals surface area contributed by atoms with E-state index in [4.69, 9.17) is 4.99 Å². The van der Waals surface area contributed by atoms with Crippen molar-refractivity contribution < 1.29 is 4.79 Å². The summed E-state index contributed by atoms with van der Waals surface area (Å²) in [6.07, 6.45) is 0. The van der Waals surface area contributed by atoms with E-state index in [1.54, 1.807) is 13.1 Å². The van der Waals surface area contributed by atoms with Crippen LogP contribution in [0.25, 0.3) is 0 Å². The largest absolute Gasteiger partial charge is 0.329 e. The zero-order valence-electron chi connectivity index (χ0n) is 17.9. The van der Waals surface area contributed by atoms with Crippen molar-refractivity contribution in [1.29, 1.82) is 0 Å². The van der Waals surface area contributed by atoms with Crippen molar-refractivity contribution in [2.75, 3.05) is 0 Å². The normalized spacial score (nSPS) is 19.5. The van der Waals surface area contributed by atoms with Crippen molar-refractivity contribution in [1.82, 2.24) is 9.55 Å². The minimum atomic E-state index is -0.594. The molecule has 1 aliphatic carbocycles. The number of H-pyrrole nitrogens is 1. The predicted molar refractivity (Wildman–Crippen MR) is 120 cm³/mol. The molecular weight excluding hydrogens is 390 g/mol. The molecule has 3 aromatic rings.